The van der Waals surface area contributed by atoms with E-state index in [4.69, 9.17) is 0 Å². The van der Waals surface area contributed by atoms with Gasteiger partial charge >= 0.3 is 0 Å². The molecular formula is C13H20N8. The predicted octanol–water partition coefficient (Wildman–Crippen LogP) is 1.12. The molecule has 0 radical (unpaired) electrons. The van der Waals surface area contributed by atoms with E-state index in [-0.39, 0.29) is 0 Å². The highest BCUT2D eigenvalue weighted by atomic mass is 15.4. The van der Waals surface area contributed by atoms with Crippen molar-refractivity contribution in [2.24, 2.45) is 5.92 Å². The van der Waals surface area contributed by atoms with Gasteiger partial charge < -0.3 is 10.2 Å². The molecule has 0 atom stereocenters. The number of nitrogens with one attached hydrogen (secondary N) is 1. The lowest BCUT2D eigenvalue weighted by Gasteiger charge is -2.31. The van der Waals surface area contributed by atoms with Gasteiger partial charge in [-0.15, -0.1) is 0 Å². The Kier molecular flexibility index (Phi) is 3.94. The molecule has 0 unspecified atom stereocenters. The minimum atomic E-state index is 0.486. The van der Waals surface area contributed by atoms with Gasteiger partial charge in [-0.1, -0.05) is 13.3 Å². The Bertz CT molecular complexity index is 574. The molecule has 0 spiro atoms. The minimum absolute atomic E-state index is 0.486. The number of piperidine rings is 1. The first-order chi connectivity index (χ1) is 10.3. The monoisotopic (exact) mass is 288 g/mol. The maximum absolute atomic E-state index is 4.52. The van der Waals surface area contributed by atoms with Crippen LogP contribution in [0, 0.1) is 5.92 Å². The van der Waals surface area contributed by atoms with Crippen LogP contribution in [0.15, 0.2) is 12.7 Å². The smallest absolute Gasteiger partial charge is 0.258 e. The molecule has 1 fully saturated rings. The van der Waals surface area contributed by atoms with Gasteiger partial charge in [-0.3, -0.25) is 0 Å². The first kappa shape index (κ1) is 13.7. The van der Waals surface area contributed by atoms with E-state index in [1.54, 1.807) is 18.1 Å². The zero-order chi connectivity index (χ0) is 14.7. The van der Waals surface area contributed by atoms with E-state index < -0.39 is 0 Å². The lowest BCUT2D eigenvalue weighted by molar-refractivity contribution is 0.392. The van der Waals surface area contributed by atoms with Crippen molar-refractivity contribution in [2.75, 3.05) is 30.4 Å². The summed E-state index contributed by atoms with van der Waals surface area (Å²) in [6, 6.07) is 0. The number of rotatable bonds is 4. The summed E-state index contributed by atoms with van der Waals surface area (Å²) in [4.78, 5) is 19.5. The van der Waals surface area contributed by atoms with Crippen molar-refractivity contribution in [2.45, 2.75) is 26.2 Å². The van der Waals surface area contributed by atoms with Crippen LogP contribution in [0.5, 0.6) is 0 Å². The molecule has 0 bridgehead atoms. The number of hydrogen-bond acceptors (Lipinski definition) is 7. The fourth-order valence-corrected chi connectivity index (χ4v) is 2.56. The van der Waals surface area contributed by atoms with E-state index in [1.165, 1.54) is 25.6 Å². The van der Waals surface area contributed by atoms with Gasteiger partial charge in [-0.05, 0) is 18.8 Å². The molecule has 8 heteroatoms. The molecule has 8 nitrogen and oxygen atoms in total. The average molecular weight is 288 g/mol. The van der Waals surface area contributed by atoms with Crippen LogP contribution in [-0.2, 0) is 0 Å². The SMILES string of the molecule is CCC1CCN(c2nc(NC)nc(-n3cncn3)n2)CC1. The summed E-state index contributed by atoms with van der Waals surface area (Å²) in [7, 11) is 1.80. The number of anilines is 2. The Labute approximate surface area is 123 Å². The molecule has 0 amide bonds. The van der Waals surface area contributed by atoms with Gasteiger partial charge in [0.15, 0.2) is 0 Å². The second-order valence-corrected chi connectivity index (χ2v) is 5.19. The quantitative estimate of drug-likeness (QED) is 0.902. The first-order valence-electron chi connectivity index (χ1n) is 7.34. The van der Waals surface area contributed by atoms with E-state index in [9.17, 15) is 0 Å². The minimum Gasteiger partial charge on any atom is -0.357 e. The fraction of sp³-hybridized carbons (Fsp3) is 0.615. The molecule has 21 heavy (non-hydrogen) atoms. The third-order valence-electron chi connectivity index (χ3n) is 3.93. The van der Waals surface area contributed by atoms with Crippen LogP contribution >= 0.6 is 0 Å². The Hall–Kier alpha value is -2.25. The molecule has 3 rings (SSSR count). The summed E-state index contributed by atoms with van der Waals surface area (Å²) in [5, 5.41) is 7.06. The van der Waals surface area contributed by atoms with Crippen LogP contribution in [0.4, 0.5) is 11.9 Å². The first-order valence-corrected chi connectivity index (χ1v) is 7.34. The molecule has 1 aliphatic rings. The van der Waals surface area contributed by atoms with Gasteiger partial charge in [0.1, 0.15) is 12.7 Å². The van der Waals surface area contributed by atoms with Crippen molar-refractivity contribution >= 4 is 11.9 Å². The Balaban J connectivity index is 1.86. The number of aromatic nitrogens is 6. The highest BCUT2D eigenvalue weighted by molar-refractivity contribution is 5.39. The molecular weight excluding hydrogens is 268 g/mol. The van der Waals surface area contributed by atoms with Gasteiger partial charge in [0.2, 0.25) is 11.9 Å². The standard InChI is InChI=1S/C13H20N8/c1-3-10-4-6-20(7-5-10)12-17-11(14-2)18-13(19-12)21-9-15-8-16-21/h8-10H,3-7H2,1-2H3,(H,14,17,18,19). The van der Waals surface area contributed by atoms with E-state index in [1.807, 2.05) is 0 Å². The van der Waals surface area contributed by atoms with Crippen molar-refractivity contribution in [3.05, 3.63) is 12.7 Å². The molecule has 1 aliphatic heterocycles. The molecule has 0 aromatic carbocycles. The zero-order valence-electron chi connectivity index (χ0n) is 12.4. The normalized spacial score (nSPS) is 16.2. The number of hydrogen-bond donors (Lipinski definition) is 1. The lowest BCUT2D eigenvalue weighted by Crippen LogP contribution is -2.35. The second-order valence-electron chi connectivity index (χ2n) is 5.19. The van der Waals surface area contributed by atoms with Gasteiger partial charge in [-0.2, -0.15) is 24.7 Å². The molecule has 2 aromatic heterocycles. The summed E-state index contributed by atoms with van der Waals surface area (Å²) in [6.07, 6.45) is 6.68. The van der Waals surface area contributed by atoms with Crippen LogP contribution < -0.4 is 10.2 Å². The van der Waals surface area contributed by atoms with Crippen molar-refractivity contribution in [3.8, 4) is 5.95 Å². The summed E-state index contributed by atoms with van der Waals surface area (Å²) < 4.78 is 1.55. The van der Waals surface area contributed by atoms with Crippen LogP contribution in [-0.4, -0.2) is 49.9 Å². The van der Waals surface area contributed by atoms with Crippen molar-refractivity contribution in [3.63, 3.8) is 0 Å². The molecule has 3 heterocycles. The average Bonchev–Trinajstić information content (AvgIpc) is 3.09. The molecule has 2 aromatic rings. The van der Waals surface area contributed by atoms with Gasteiger partial charge in [-0.25, -0.2) is 4.98 Å². The number of nitrogens with zero attached hydrogens (tertiary/aromatic N) is 7. The van der Waals surface area contributed by atoms with Gasteiger partial charge in [0.05, 0.1) is 0 Å². The molecule has 112 valence electrons. The topological polar surface area (TPSA) is 84.7 Å². The zero-order valence-corrected chi connectivity index (χ0v) is 12.4. The Morgan fingerprint density at radius 3 is 2.57 bits per heavy atom. The van der Waals surface area contributed by atoms with E-state index in [0.717, 1.165) is 19.0 Å². The third-order valence-corrected chi connectivity index (χ3v) is 3.93. The van der Waals surface area contributed by atoms with Gasteiger partial charge in [0.25, 0.3) is 5.95 Å². The van der Waals surface area contributed by atoms with Gasteiger partial charge in [0, 0.05) is 20.1 Å². The van der Waals surface area contributed by atoms with E-state index in [0.29, 0.717) is 17.8 Å². The Morgan fingerprint density at radius 1 is 1.19 bits per heavy atom. The molecule has 0 aliphatic carbocycles. The van der Waals surface area contributed by atoms with E-state index >= 15 is 0 Å². The maximum atomic E-state index is 4.52. The second kappa shape index (κ2) is 6.02. The van der Waals surface area contributed by atoms with Crippen LogP contribution in [0.1, 0.15) is 26.2 Å². The summed E-state index contributed by atoms with van der Waals surface area (Å²) in [5.74, 6) is 2.55. The summed E-state index contributed by atoms with van der Waals surface area (Å²) in [5.41, 5.74) is 0. The highest BCUT2D eigenvalue weighted by Crippen LogP contribution is 2.23. The highest BCUT2D eigenvalue weighted by Gasteiger charge is 2.21. The summed E-state index contributed by atoms with van der Waals surface area (Å²) >= 11 is 0. The maximum Gasteiger partial charge on any atom is 0.258 e. The van der Waals surface area contributed by atoms with Crippen molar-refractivity contribution < 1.29 is 0 Å². The van der Waals surface area contributed by atoms with Crippen LogP contribution in [0.3, 0.4) is 0 Å². The molecule has 0 saturated carbocycles. The van der Waals surface area contributed by atoms with Crippen LogP contribution in [0.2, 0.25) is 0 Å². The van der Waals surface area contributed by atoms with Crippen molar-refractivity contribution in [1.82, 2.24) is 29.7 Å². The van der Waals surface area contributed by atoms with Crippen molar-refractivity contribution in [1.29, 1.82) is 0 Å². The van der Waals surface area contributed by atoms with E-state index in [2.05, 4.69) is 42.2 Å². The Morgan fingerprint density at radius 2 is 1.95 bits per heavy atom. The fourth-order valence-electron chi connectivity index (χ4n) is 2.56. The third kappa shape index (κ3) is 2.93. The molecule has 1 saturated heterocycles. The molecule has 1 N–H and O–H groups in total. The predicted molar refractivity (Wildman–Crippen MR) is 79.5 cm³/mol. The largest absolute Gasteiger partial charge is 0.357 e. The van der Waals surface area contributed by atoms with Crippen LogP contribution in [0.25, 0.3) is 5.95 Å². The summed E-state index contributed by atoms with van der Waals surface area (Å²) in [6.45, 7) is 4.23. The lowest BCUT2D eigenvalue weighted by atomic mass is 9.95.